The molecule has 3 heteroatoms. The number of anilines is 1. The second kappa shape index (κ2) is 6.10. The molecule has 0 saturated heterocycles. The predicted molar refractivity (Wildman–Crippen MR) is 90.4 cm³/mol. The molecule has 1 aliphatic heterocycles. The van der Waals surface area contributed by atoms with Crippen molar-refractivity contribution in [2.75, 3.05) is 11.4 Å². The number of aliphatic hydroxyl groups is 1. The molecule has 21 heavy (non-hydrogen) atoms. The minimum absolute atomic E-state index is 0.335. The Morgan fingerprint density at radius 1 is 1.10 bits per heavy atom. The van der Waals surface area contributed by atoms with Gasteiger partial charge in [0.05, 0.1) is 5.69 Å². The van der Waals surface area contributed by atoms with Crippen LogP contribution >= 0.6 is 11.8 Å². The molecule has 0 bridgehead atoms. The lowest BCUT2D eigenvalue weighted by Crippen LogP contribution is -2.18. The van der Waals surface area contributed by atoms with Crippen LogP contribution < -0.4 is 4.90 Å². The van der Waals surface area contributed by atoms with Crippen LogP contribution in [0.3, 0.4) is 0 Å². The Morgan fingerprint density at radius 3 is 2.57 bits per heavy atom. The van der Waals surface area contributed by atoms with Crippen LogP contribution in [0.15, 0.2) is 76.7 Å². The molecule has 0 fully saturated rings. The van der Waals surface area contributed by atoms with E-state index in [1.807, 2.05) is 55.5 Å². The molecule has 0 radical (unpaired) electrons. The number of hydrogen-bond donors (Lipinski definition) is 1. The number of aliphatic hydroxyl groups excluding tert-OH is 1. The first-order chi connectivity index (χ1) is 10.3. The second-order valence-electron chi connectivity index (χ2n) is 4.77. The van der Waals surface area contributed by atoms with Gasteiger partial charge in [-0.25, -0.2) is 0 Å². The Bertz CT molecular complexity index is 691. The first-order valence-electron chi connectivity index (χ1n) is 6.95. The standard InChI is InChI=1S/C18H17NOS/c1-2-3-13-19-15-11-7-8-12-16(15)21-18(19)17(20)14-9-5-4-6-10-14/h2-12,20H,13H2,1H3/b3-2+,18-17+. The molecule has 3 rings (SSSR count). The number of para-hydroxylation sites is 1. The Hall–Kier alpha value is -2.13. The molecule has 0 atom stereocenters. The average molecular weight is 295 g/mol. The lowest BCUT2D eigenvalue weighted by Gasteiger charge is -2.19. The average Bonchev–Trinajstić information content (AvgIpc) is 2.91. The zero-order chi connectivity index (χ0) is 14.7. The van der Waals surface area contributed by atoms with E-state index < -0.39 is 0 Å². The summed E-state index contributed by atoms with van der Waals surface area (Å²) in [6, 6.07) is 17.9. The first kappa shape index (κ1) is 13.8. The number of allylic oxidation sites excluding steroid dienone is 1. The van der Waals surface area contributed by atoms with Crippen LogP contribution in [0.5, 0.6) is 0 Å². The summed E-state index contributed by atoms with van der Waals surface area (Å²) in [7, 11) is 0. The fourth-order valence-corrected chi connectivity index (χ4v) is 3.46. The molecular weight excluding hydrogens is 278 g/mol. The van der Waals surface area contributed by atoms with Crippen molar-refractivity contribution in [1.29, 1.82) is 0 Å². The summed E-state index contributed by atoms with van der Waals surface area (Å²) in [4.78, 5) is 3.34. The van der Waals surface area contributed by atoms with Crippen molar-refractivity contribution in [1.82, 2.24) is 0 Å². The molecule has 1 N–H and O–H groups in total. The molecule has 2 aromatic carbocycles. The van der Waals surface area contributed by atoms with Crippen molar-refractivity contribution < 1.29 is 5.11 Å². The van der Waals surface area contributed by atoms with E-state index in [0.29, 0.717) is 5.76 Å². The largest absolute Gasteiger partial charge is 0.505 e. The summed E-state index contributed by atoms with van der Waals surface area (Å²) in [6.45, 7) is 2.77. The minimum atomic E-state index is 0.335. The Kier molecular flexibility index (Phi) is 4.02. The van der Waals surface area contributed by atoms with Gasteiger partial charge >= 0.3 is 0 Å². The zero-order valence-electron chi connectivity index (χ0n) is 11.9. The predicted octanol–water partition coefficient (Wildman–Crippen LogP) is 5.06. The van der Waals surface area contributed by atoms with Gasteiger partial charge in [0.15, 0.2) is 5.76 Å². The first-order valence-corrected chi connectivity index (χ1v) is 7.77. The van der Waals surface area contributed by atoms with Crippen LogP contribution in [0.4, 0.5) is 5.69 Å². The number of rotatable bonds is 3. The van der Waals surface area contributed by atoms with Gasteiger partial charge in [0, 0.05) is 17.0 Å². The molecule has 106 valence electrons. The van der Waals surface area contributed by atoms with Crippen molar-refractivity contribution in [3.05, 3.63) is 77.3 Å². The highest BCUT2D eigenvalue weighted by Gasteiger charge is 2.27. The van der Waals surface area contributed by atoms with Gasteiger partial charge < -0.3 is 10.0 Å². The smallest absolute Gasteiger partial charge is 0.153 e. The summed E-state index contributed by atoms with van der Waals surface area (Å²) in [6.07, 6.45) is 4.13. The lowest BCUT2D eigenvalue weighted by molar-refractivity contribution is 0.508. The molecule has 0 unspecified atom stereocenters. The summed E-state index contributed by atoms with van der Waals surface area (Å²) < 4.78 is 0. The van der Waals surface area contributed by atoms with Gasteiger partial charge in [-0.05, 0) is 19.1 Å². The fraction of sp³-hybridized carbons (Fsp3) is 0.111. The van der Waals surface area contributed by atoms with Crippen LogP contribution in [0.2, 0.25) is 0 Å². The van der Waals surface area contributed by atoms with E-state index in [2.05, 4.69) is 23.1 Å². The molecule has 1 heterocycles. The Balaban J connectivity index is 2.06. The summed E-state index contributed by atoms with van der Waals surface area (Å²) in [5.74, 6) is 0.335. The van der Waals surface area contributed by atoms with E-state index in [0.717, 1.165) is 22.8 Å². The quantitative estimate of drug-likeness (QED) is 0.632. The highest BCUT2D eigenvalue weighted by atomic mass is 32.2. The summed E-state index contributed by atoms with van der Waals surface area (Å²) >= 11 is 1.62. The third kappa shape index (κ3) is 2.69. The van der Waals surface area contributed by atoms with Crippen molar-refractivity contribution in [3.63, 3.8) is 0 Å². The molecule has 1 aliphatic rings. The zero-order valence-corrected chi connectivity index (χ0v) is 12.7. The van der Waals surface area contributed by atoms with Gasteiger partial charge in [-0.15, -0.1) is 0 Å². The van der Waals surface area contributed by atoms with Crippen LogP contribution in [0.1, 0.15) is 12.5 Å². The highest BCUT2D eigenvalue weighted by molar-refractivity contribution is 8.04. The summed E-state index contributed by atoms with van der Waals surface area (Å²) in [5.41, 5.74) is 2.00. The molecular formula is C18H17NOS. The fourth-order valence-electron chi connectivity index (χ4n) is 2.32. The van der Waals surface area contributed by atoms with Crippen LogP contribution in [0, 0.1) is 0 Å². The van der Waals surface area contributed by atoms with Crippen LogP contribution in [-0.4, -0.2) is 11.7 Å². The number of benzene rings is 2. The van der Waals surface area contributed by atoms with E-state index in [4.69, 9.17) is 0 Å². The van der Waals surface area contributed by atoms with Crippen molar-refractivity contribution in [2.45, 2.75) is 11.8 Å². The Labute approximate surface area is 129 Å². The third-order valence-electron chi connectivity index (χ3n) is 3.38. The molecule has 0 spiro atoms. The topological polar surface area (TPSA) is 23.5 Å². The number of thioether (sulfide) groups is 1. The maximum atomic E-state index is 10.7. The van der Waals surface area contributed by atoms with E-state index in [-0.39, 0.29) is 0 Å². The van der Waals surface area contributed by atoms with Gasteiger partial charge in [-0.3, -0.25) is 0 Å². The molecule has 0 aromatic heterocycles. The number of nitrogens with zero attached hydrogens (tertiary/aromatic N) is 1. The highest BCUT2D eigenvalue weighted by Crippen LogP contribution is 2.47. The monoisotopic (exact) mass is 295 g/mol. The van der Waals surface area contributed by atoms with Crippen LogP contribution in [0.25, 0.3) is 5.76 Å². The van der Waals surface area contributed by atoms with E-state index >= 15 is 0 Å². The molecule has 2 aromatic rings. The second-order valence-corrected chi connectivity index (χ2v) is 5.80. The van der Waals surface area contributed by atoms with Crippen molar-refractivity contribution >= 4 is 23.2 Å². The SMILES string of the molecule is C/C=C/CN1/C(=C(\O)c2ccccc2)Sc2ccccc21. The minimum Gasteiger partial charge on any atom is -0.505 e. The van der Waals surface area contributed by atoms with Gasteiger partial charge in [0.2, 0.25) is 0 Å². The van der Waals surface area contributed by atoms with Crippen LogP contribution in [-0.2, 0) is 0 Å². The maximum Gasteiger partial charge on any atom is 0.153 e. The van der Waals surface area contributed by atoms with Gasteiger partial charge in [0.25, 0.3) is 0 Å². The molecule has 0 amide bonds. The lowest BCUT2D eigenvalue weighted by atomic mass is 10.2. The van der Waals surface area contributed by atoms with Gasteiger partial charge in [-0.2, -0.15) is 0 Å². The van der Waals surface area contributed by atoms with E-state index in [9.17, 15) is 5.11 Å². The van der Waals surface area contributed by atoms with Gasteiger partial charge in [0.1, 0.15) is 5.03 Å². The van der Waals surface area contributed by atoms with Crippen molar-refractivity contribution in [3.8, 4) is 0 Å². The Morgan fingerprint density at radius 2 is 1.81 bits per heavy atom. The third-order valence-corrected chi connectivity index (χ3v) is 4.55. The normalized spacial score (nSPS) is 16.3. The number of hydrogen-bond acceptors (Lipinski definition) is 3. The van der Waals surface area contributed by atoms with E-state index in [1.165, 1.54) is 4.90 Å². The van der Waals surface area contributed by atoms with E-state index in [1.54, 1.807) is 11.8 Å². The number of fused-ring (bicyclic) bond motifs is 1. The maximum absolute atomic E-state index is 10.7. The summed E-state index contributed by atoms with van der Waals surface area (Å²) in [5, 5.41) is 11.5. The molecule has 0 aliphatic carbocycles. The van der Waals surface area contributed by atoms with Gasteiger partial charge in [-0.1, -0.05) is 66.4 Å². The molecule has 2 nitrogen and oxygen atoms in total. The van der Waals surface area contributed by atoms with Crippen molar-refractivity contribution in [2.24, 2.45) is 0 Å². The molecule has 0 saturated carbocycles.